The first-order chi connectivity index (χ1) is 6.69. The highest BCUT2D eigenvalue weighted by molar-refractivity contribution is 6.31. The Labute approximate surface area is 87.0 Å². The first kappa shape index (κ1) is 10.9. The zero-order valence-electron chi connectivity index (χ0n) is 7.79. The van der Waals surface area contributed by atoms with Crippen molar-refractivity contribution in [3.05, 3.63) is 28.5 Å². The van der Waals surface area contributed by atoms with E-state index in [9.17, 15) is 4.79 Å². The van der Waals surface area contributed by atoms with Crippen LogP contribution in [-0.2, 0) is 11.2 Å². The minimum absolute atomic E-state index is 0.346. The van der Waals surface area contributed by atoms with Crippen LogP contribution in [0, 0.1) is 0 Å². The summed E-state index contributed by atoms with van der Waals surface area (Å²) in [6.45, 7) is 0.476. The van der Waals surface area contributed by atoms with Crippen molar-refractivity contribution in [1.29, 1.82) is 0 Å². The van der Waals surface area contributed by atoms with Crippen LogP contribution in [0.5, 0.6) is 0 Å². The number of hydrogen-bond acceptors (Lipinski definition) is 4. The van der Waals surface area contributed by atoms with Gasteiger partial charge in [0.15, 0.2) is 0 Å². The lowest BCUT2D eigenvalue weighted by Gasteiger charge is -2.03. The van der Waals surface area contributed by atoms with Crippen LogP contribution in [-0.4, -0.2) is 24.6 Å². The molecular formula is C9H11ClN2O2. The molecule has 2 N–H and O–H groups in total. The highest BCUT2D eigenvalue weighted by Crippen LogP contribution is 2.15. The molecule has 0 amide bonds. The zero-order chi connectivity index (χ0) is 10.6. The molecule has 1 heterocycles. The summed E-state index contributed by atoms with van der Waals surface area (Å²) in [6.07, 6.45) is 2.03. The first-order valence-electron chi connectivity index (χ1n) is 4.12. The van der Waals surface area contributed by atoms with Gasteiger partial charge in [0.25, 0.3) is 0 Å². The van der Waals surface area contributed by atoms with Crippen LogP contribution in [0.3, 0.4) is 0 Å². The van der Waals surface area contributed by atoms with Gasteiger partial charge in [-0.05, 0) is 12.6 Å². The molecular weight excluding hydrogens is 204 g/mol. The number of halogens is 1. The maximum absolute atomic E-state index is 11.1. The SMILES string of the molecule is COC(=O)c1cnc(CCN)c(Cl)c1. The molecule has 14 heavy (non-hydrogen) atoms. The molecule has 0 saturated heterocycles. The molecule has 0 fully saturated rings. The van der Waals surface area contributed by atoms with Gasteiger partial charge in [0.1, 0.15) is 0 Å². The van der Waals surface area contributed by atoms with E-state index < -0.39 is 5.97 Å². The molecule has 1 aromatic rings. The Bertz CT molecular complexity index is 342. The third kappa shape index (κ3) is 2.43. The van der Waals surface area contributed by atoms with E-state index in [-0.39, 0.29) is 0 Å². The molecule has 0 saturated carbocycles. The van der Waals surface area contributed by atoms with Crippen LogP contribution in [0.15, 0.2) is 12.3 Å². The molecule has 0 aliphatic carbocycles. The Hall–Kier alpha value is -1.13. The van der Waals surface area contributed by atoms with Crippen molar-refractivity contribution < 1.29 is 9.53 Å². The van der Waals surface area contributed by atoms with Gasteiger partial charge >= 0.3 is 5.97 Å². The molecule has 0 atom stereocenters. The summed E-state index contributed by atoms with van der Waals surface area (Å²) in [6, 6.07) is 1.53. The summed E-state index contributed by atoms with van der Waals surface area (Å²) in [4.78, 5) is 15.1. The second-order valence-electron chi connectivity index (χ2n) is 2.68. The maximum Gasteiger partial charge on any atom is 0.339 e. The number of rotatable bonds is 3. The average Bonchev–Trinajstić information content (AvgIpc) is 2.20. The van der Waals surface area contributed by atoms with E-state index in [0.29, 0.717) is 29.2 Å². The monoisotopic (exact) mass is 214 g/mol. The van der Waals surface area contributed by atoms with Gasteiger partial charge in [0.05, 0.1) is 23.4 Å². The number of methoxy groups -OCH3 is 1. The standard InChI is InChI=1S/C9H11ClN2O2/c1-14-9(13)6-4-7(10)8(2-3-11)12-5-6/h4-5H,2-3,11H2,1H3. The second-order valence-corrected chi connectivity index (χ2v) is 3.09. The normalized spacial score (nSPS) is 9.93. The maximum atomic E-state index is 11.1. The fourth-order valence-electron chi connectivity index (χ4n) is 1.02. The van der Waals surface area contributed by atoms with E-state index in [1.165, 1.54) is 19.4 Å². The number of aromatic nitrogens is 1. The quantitative estimate of drug-likeness (QED) is 0.764. The zero-order valence-corrected chi connectivity index (χ0v) is 8.54. The molecule has 76 valence electrons. The smallest absolute Gasteiger partial charge is 0.339 e. The molecule has 0 spiro atoms. The lowest BCUT2D eigenvalue weighted by atomic mass is 10.2. The number of ether oxygens (including phenoxy) is 1. The number of pyridine rings is 1. The van der Waals surface area contributed by atoms with E-state index in [1.54, 1.807) is 0 Å². The number of nitrogens with two attached hydrogens (primary N) is 1. The van der Waals surface area contributed by atoms with Gasteiger partial charge < -0.3 is 10.5 Å². The summed E-state index contributed by atoms with van der Waals surface area (Å²) < 4.78 is 4.53. The second kappa shape index (κ2) is 4.93. The lowest BCUT2D eigenvalue weighted by Crippen LogP contribution is -2.07. The van der Waals surface area contributed by atoms with E-state index in [4.69, 9.17) is 17.3 Å². The van der Waals surface area contributed by atoms with Crippen molar-refractivity contribution in [2.45, 2.75) is 6.42 Å². The number of carbonyl (C=O) groups excluding carboxylic acids is 1. The molecule has 4 nitrogen and oxygen atoms in total. The van der Waals surface area contributed by atoms with Crippen molar-refractivity contribution in [2.24, 2.45) is 5.73 Å². The fraction of sp³-hybridized carbons (Fsp3) is 0.333. The van der Waals surface area contributed by atoms with Crippen molar-refractivity contribution in [1.82, 2.24) is 4.98 Å². The molecule has 0 aliphatic heterocycles. The molecule has 0 aliphatic rings. The summed E-state index contributed by atoms with van der Waals surface area (Å²) in [5.41, 5.74) is 6.40. The Morgan fingerprint density at radius 3 is 2.93 bits per heavy atom. The average molecular weight is 215 g/mol. The van der Waals surface area contributed by atoms with Gasteiger partial charge in [-0.1, -0.05) is 11.6 Å². The Morgan fingerprint density at radius 2 is 2.43 bits per heavy atom. The molecule has 0 radical (unpaired) electrons. The Kier molecular flexibility index (Phi) is 3.85. The first-order valence-corrected chi connectivity index (χ1v) is 4.49. The van der Waals surface area contributed by atoms with Crippen molar-refractivity contribution in [3.8, 4) is 0 Å². The van der Waals surface area contributed by atoms with Gasteiger partial charge in [0, 0.05) is 12.6 Å². The Morgan fingerprint density at radius 1 is 1.71 bits per heavy atom. The van der Waals surface area contributed by atoms with E-state index in [0.717, 1.165) is 0 Å². The molecule has 0 unspecified atom stereocenters. The highest BCUT2D eigenvalue weighted by Gasteiger charge is 2.09. The van der Waals surface area contributed by atoms with E-state index in [1.807, 2.05) is 0 Å². The van der Waals surface area contributed by atoms with Crippen LogP contribution >= 0.6 is 11.6 Å². The van der Waals surface area contributed by atoms with Crippen molar-refractivity contribution in [2.75, 3.05) is 13.7 Å². The fourth-order valence-corrected chi connectivity index (χ4v) is 1.28. The van der Waals surface area contributed by atoms with Crippen LogP contribution in [0.4, 0.5) is 0 Å². The molecule has 0 bridgehead atoms. The minimum atomic E-state index is -0.446. The molecule has 1 aromatic heterocycles. The van der Waals surface area contributed by atoms with Crippen LogP contribution < -0.4 is 5.73 Å². The summed E-state index contributed by atoms with van der Waals surface area (Å²) in [5.74, 6) is -0.446. The summed E-state index contributed by atoms with van der Waals surface area (Å²) in [5, 5.41) is 0.443. The lowest BCUT2D eigenvalue weighted by molar-refractivity contribution is 0.0600. The Balaban J connectivity index is 2.94. The number of hydrogen-bond donors (Lipinski definition) is 1. The van der Waals surface area contributed by atoms with Gasteiger partial charge in [-0.25, -0.2) is 4.79 Å². The van der Waals surface area contributed by atoms with Gasteiger partial charge in [-0.2, -0.15) is 0 Å². The highest BCUT2D eigenvalue weighted by atomic mass is 35.5. The van der Waals surface area contributed by atoms with Crippen LogP contribution in [0.1, 0.15) is 16.1 Å². The molecule has 5 heteroatoms. The minimum Gasteiger partial charge on any atom is -0.465 e. The largest absolute Gasteiger partial charge is 0.465 e. The summed E-state index contributed by atoms with van der Waals surface area (Å²) >= 11 is 5.88. The van der Waals surface area contributed by atoms with Crippen molar-refractivity contribution in [3.63, 3.8) is 0 Å². The number of nitrogens with zero attached hydrogens (tertiary/aromatic N) is 1. The van der Waals surface area contributed by atoms with Crippen molar-refractivity contribution >= 4 is 17.6 Å². The van der Waals surface area contributed by atoms with Crippen LogP contribution in [0.25, 0.3) is 0 Å². The third-order valence-corrected chi connectivity index (χ3v) is 2.05. The molecule has 1 rings (SSSR count). The van der Waals surface area contributed by atoms with E-state index in [2.05, 4.69) is 9.72 Å². The van der Waals surface area contributed by atoms with Crippen LogP contribution in [0.2, 0.25) is 5.02 Å². The van der Waals surface area contributed by atoms with Gasteiger partial charge in [0.2, 0.25) is 0 Å². The van der Waals surface area contributed by atoms with Gasteiger partial charge in [-0.3, -0.25) is 4.98 Å². The summed E-state index contributed by atoms with van der Waals surface area (Å²) in [7, 11) is 1.31. The predicted octanol–water partition coefficient (Wildman–Crippen LogP) is 1.02. The van der Waals surface area contributed by atoms with Gasteiger partial charge in [-0.15, -0.1) is 0 Å². The molecule has 0 aromatic carbocycles. The third-order valence-electron chi connectivity index (χ3n) is 1.72. The number of esters is 1. The topological polar surface area (TPSA) is 65.2 Å². The van der Waals surface area contributed by atoms with E-state index >= 15 is 0 Å². The predicted molar refractivity (Wildman–Crippen MR) is 53.3 cm³/mol. The number of carbonyl (C=O) groups is 1.